The molecule has 1 aliphatic heterocycles. The molecule has 1 heterocycles. The maximum atomic E-state index is 12.9. The molecule has 33 heavy (non-hydrogen) atoms. The number of para-hydroxylation sites is 2. The van der Waals surface area contributed by atoms with E-state index in [0.717, 1.165) is 16.7 Å². The Morgan fingerprint density at radius 2 is 1.82 bits per heavy atom. The summed E-state index contributed by atoms with van der Waals surface area (Å²) in [6.45, 7) is -0.386. The van der Waals surface area contributed by atoms with Gasteiger partial charge in [-0.05, 0) is 29.8 Å². The summed E-state index contributed by atoms with van der Waals surface area (Å²) in [4.78, 5) is 37.3. The summed E-state index contributed by atoms with van der Waals surface area (Å²) in [6.07, 6.45) is 1.60. The number of rotatable bonds is 8. The van der Waals surface area contributed by atoms with Crippen molar-refractivity contribution in [3.8, 4) is 17.2 Å². The van der Waals surface area contributed by atoms with Gasteiger partial charge in [-0.25, -0.2) is 0 Å². The normalized spacial score (nSPS) is 14.4. The lowest BCUT2D eigenvalue weighted by atomic mass is 10.1. The number of methoxy groups -OCH3 is 3. The second-order valence-electron chi connectivity index (χ2n) is 6.55. The molecule has 2 aromatic carbocycles. The molecule has 0 aromatic heterocycles. The van der Waals surface area contributed by atoms with Gasteiger partial charge in [0, 0.05) is 6.07 Å². The zero-order valence-corrected chi connectivity index (χ0v) is 19.5. The van der Waals surface area contributed by atoms with Crippen molar-refractivity contribution in [3.63, 3.8) is 0 Å². The molecular formula is C21H19N3O7S2. The molecule has 1 saturated heterocycles. The van der Waals surface area contributed by atoms with E-state index in [-0.39, 0.29) is 22.2 Å². The first-order chi connectivity index (χ1) is 15.8. The standard InChI is InChI=1S/C21H19N3O7S2/c1-29-15-8-12(9-16(30-2)19(15)31-3)10-17-20(26)23(21(32)33-17)11-18(25)22-13-6-4-5-7-14(13)24(27)28/h4-10H,11H2,1-3H3,(H,22,25)/b17-10+. The van der Waals surface area contributed by atoms with Crippen molar-refractivity contribution in [2.45, 2.75) is 0 Å². The molecule has 0 bridgehead atoms. The number of benzene rings is 2. The number of thiocarbonyl (C=S) groups is 1. The zero-order chi connectivity index (χ0) is 24.1. The molecule has 0 unspecified atom stereocenters. The van der Waals surface area contributed by atoms with Crippen LogP contribution in [0.2, 0.25) is 0 Å². The number of carbonyl (C=O) groups is 2. The molecule has 0 spiro atoms. The molecule has 0 aliphatic carbocycles. The number of nitro benzene ring substituents is 1. The number of nitrogens with zero attached hydrogens (tertiary/aromatic N) is 2. The number of hydrogen-bond acceptors (Lipinski definition) is 9. The highest BCUT2D eigenvalue weighted by molar-refractivity contribution is 8.26. The van der Waals surface area contributed by atoms with Crippen LogP contribution in [0.25, 0.3) is 6.08 Å². The van der Waals surface area contributed by atoms with Crippen molar-refractivity contribution in [1.82, 2.24) is 4.90 Å². The van der Waals surface area contributed by atoms with Crippen molar-refractivity contribution in [3.05, 3.63) is 57.0 Å². The fraction of sp³-hybridized carbons (Fsp3) is 0.190. The molecule has 1 aliphatic rings. The van der Waals surface area contributed by atoms with Crippen LogP contribution in [-0.2, 0) is 9.59 Å². The van der Waals surface area contributed by atoms with Gasteiger partial charge in [0.25, 0.3) is 11.6 Å². The highest BCUT2D eigenvalue weighted by Crippen LogP contribution is 2.40. The molecule has 2 aromatic rings. The van der Waals surface area contributed by atoms with Crippen molar-refractivity contribution in [2.75, 3.05) is 33.2 Å². The van der Waals surface area contributed by atoms with Crippen LogP contribution in [0.3, 0.4) is 0 Å². The van der Waals surface area contributed by atoms with Crippen molar-refractivity contribution < 1.29 is 28.7 Å². The maximum absolute atomic E-state index is 12.9. The summed E-state index contributed by atoms with van der Waals surface area (Å²) in [5, 5.41) is 13.6. The summed E-state index contributed by atoms with van der Waals surface area (Å²) in [5.74, 6) is 0.173. The smallest absolute Gasteiger partial charge is 0.292 e. The Morgan fingerprint density at radius 3 is 2.39 bits per heavy atom. The van der Waals surface area contributed by atoms with E-state index in [2.05, 4.69) is 5.32 Å². The van der Waals surface area contributed by atoms with Crippen LogP contribution >= 0.6 is 24.0 Å². The SMILES string of the molecule is COc1cc(/C=C2/SC(=S)N(CC(=O)Nc3ccccc3[N+](=O)[O-])C2=O)cc(OC)c1OC. The fourth-order valence-electron chi connectivity index (χ4n) is 3.04. The molecule has 10 nitrogen and oxygen atoms in total. The molecule has 172 valence electrons. The summed E-state index contributed by atoms with van der Waals surface area (Å²) >= 11 is 6.31. The highest BCUT2D eigenvalue weighted by atomic mass is 32.2. The topological polar surface area (TPSA) is 120 Å². The molecule has 12 heteroatoms. The lowest BCUT2D eigenvalue weighted by molar-refractivity contribution is -0.383. The third-order valence-electron chi connectivity index (χ3n) is 4.53. The average Bonchev–Trinajstić information content (AvgIpc) is 3.05. The third-order valence-corrected chi connectivity index (χ3v) is 5.91. The molecular weight excluding hydrogens is 470 g/mol. The van der Waals surface area contributed by atoms with E-state index in [1.54, 1.807) is 24.3 Å². The van der Waals surface area contributed by atoms with E-state index in [1.807, 2.05) is 0 Å². The Labute approximate surface area is 198 Å². The van der Waals surface area contributed by atoms with Crippen LogP contribution in [0.15, 0.2) is 41.3 Å². The Kier molecular flexibility index (Phi) is 7.51. The predicted molar refractivity (Wildman–Crippen MR) is 128 cm³/mol. The van der Waals surface area contributed by atoms with Gasteiger partial charge in [-0.1, -0.05) is 36.1 Å². The van der Waals surface area contributed by atoms with Gasteiger partial charge in [0.05, 0.1) is 31.2 Å². The van der Waals surface area contributed by atoms with Crippen molar-refractivity contribution >= 4 is 57.6 Å². The lowest BCUT2D eigenvalue weighted by Crippen LogP contribution is -2.36. The van der Waals surface area contributed by atoms with E-state index in [4.69, 9.17) is 26.4 Å². The number of nitrogens with one attached hydrogen (secondary N) is 1. The van der Waals surface area contributed by atoms with Gasteiger partial charge < -0.3 is 19.5 Å². The molecule has 0 saturated carbocycles. The first kappa shape index (κ1) is 24.0. The maximum Gasteiger partial charge on any atom is 0.292 e. The number of ether oxygens (including phenoxy) is 3. The molecule has 0 atom stereocenters. The molecule has 0 radical (unpaired) electrons. The second-order valence-corrected chi connectivity index (χ2v) is 8.22. The van der Waals surface area contributed by atoms with Crippen LogP contribution in [0.4, 0.5) is 11.4 Å². The van der Waals surface area contributed by atoms with Gasteiger partial charge in [0.2, 0.25) is 11.7 Å². The Morgan fingerprint density at radius 1 is 1.18 bits per heavy atom. The average molecular weight is 490 g/mol. The molecule has 2 amide bonds. The summed E-state index contributed by atoms with van der Waals surface area (Å²) in [6, 6.07) is 9.08. The highest BCUT2D eigenvalue weighted by Gasteiger charge is 2.34. The third kappa shape index (κ3) is 5.23. The molecule has 1 N–H and O–H groups in total. The Balaban J connectivity index is 1.79. The van der Waals surface area contributed by atoms with Crippen molar-refractivity contribution in [2.24, 2.45) is 0 Å². The number of anilines is 1. The lowest BCUT2D eigenvalue weighted by Gasteiger charge is -2.14. The minimum Gasteiger partial charge on any atom is -0.493 e. The Bertz CT molecular complexity index is 1140. The van der Waals surface area contributed by atoms with Crippen LogP contribution in [-0.4, -0.2) is 53.8 Å². The summed E-state index contributed by atoms with van der Waals surface area (Å²) < 4.78 is 16.1. The van der Waals surface area contributed by atoms with Gasteiger partial charge in [-0.3, -0.25) is 24.6 Å². The summed E-state index contributed by atoms with van der Waals surface area (Å²) in [5.41, 5.74) is 0.388. The van der Waals surface area contributed by atoms with Crippen LogP contribution in [0, 0.1) is 10.1 Å². The van der Waals surface area contributed by atoms with E-state index < -0.39 is 16.7 Å². The van der Waals surface area contributed by atoms with E-state index in [0.29, 0.717) is 27.7 Å². The molecule has 1 fully saturated rings. The van der Waals surface area contributed by atoms with E-state index in [1.165, 1.54) is 39.5 Å². The van der Waals surface area contributed by atoms with Crippen molar-refractivity contribution in [1.29, 1.82) is 0 Å². The zero-order valence-electron chi connectivity index (χ0n) is 17.8. The summed E-state index contributed by atoms with van der Waals surface area (Å²) in [7, 11) is 4.45. The largest absolute Gasteiger partial charge is 0.493 e. The van der Waals surface area contributed by atoms with Gasteiger partial charge >= 0.3 is 0 Å². The fourth-order valence-corrected chi connectivity index (χ4v) is 4.30. The first-order valence-electron chi connectivity index (χ1n) is 9.37. The van der Waals surface area contributed by atoms with Gasteiger partial charge in [-0.2, -0.15) is 0 Å². The van der Waals surface area contributed by atoms with Crippen LogP contribution in [0.5, 0.6) is 17.2 Å². The predicted octanol–water partition coefficient (Wildman–Crippen LogP) is 3.46. The number of thioether (sulfide) groups is 1. The number of carbonyl (C=O) groups excluding carboxylic acids is 2. The number of nitro groups is 1. The minimum atomic E-state index is -0.616. The number of hydrogen-bond donors (Lipinski definition) is 1. The van der Waals surface area contributed by atoms with E-state index in [9.17, 15) is 19.7 Å². The number of amides is 2. The first-order valence-corrected chi connectivity index (χ1v) is 10.6. The van der Waals surface area contributed by atoms with E-state index >= 15 is 0 Å². The second kappa shape index (κ2) is 10.3. The van der Waals surface area contributed by atoms with Gasteiger partial charge in [-0.15, -0.1) is 0 Å². The molecule has 3 rings (SSSR count). The quantitative estimate of drug-likeness (QED) is 0.257. The van der Waals surface area contributed by atoms with Gasteiger partial charge in [0.15, 0.2) is 11.5 Å². The van der Waals surface area contributed by atoms with Gasteiger partial charge in [0.1, 0.15) is 16.6 Å². The monoisotopic (exact) mass is 489 g/mol. The van der Waals surface area contributed by atoms with Crippen LogP contribution < -0.4 is 19.5 Å². The Hall–Kier alpha value is -3.64. The minimum absolute atomic E-state index is 0.0332. The van der Waals surface area contributed by atoms with Crippen LogP contribution in [0.1, 0.15) is 5.56 Å².